The first kappa shape index (κ1) is 9.93. The van der Waals surface area contributed by atoms with E-state index in [9.17, 15) is 4.79 Å². The highest BCUT2D eigenvalue weighted by molar-refractivity contribution is 5.81. The third kappa shape index (κ3) is 2.07. The third-order valence-corrected chi connectivity index (χ3v) is 2.28. The number of carbonyl (C=O) groups excluding carboxylic acids is 1. The minimum absolute atomic E-state index is 0.0144. The zero-order chi connectivity index (χ0) is 10.7. The van der Waals surface area contributed by atoms with Gasteiger partial charge in [-0.05, 0) is 18.1 Å². The molecule has 1 aliphatic carbocycles. The van der Waals surface area contributed by atoms with Crippen LogP contribution in [0.4, 0.5) is 0 Å². The van der Waals surface area contributed by atoms with Crippen LogP contribution in [0.1, 0.15) is 11.1 Å². The van der Waals surface area contributed by atoms with Gasteiger partial charge in [0.25, 0.3) is 0 Å². The van der Waals surface area contributed by atoms with Gasteiger partial charge in [-0.25, -0.2) is 4.79 Å². The van der Waals surface area contributed by atoms with Gasteiger partial charge in [0, 0.05) is 12.7 Å². The topological polar surface area (TPSA) is 35.5 Å². The van der Waals surface area contributed by atoms with E-state index in [1.54, 1.807) is 0 Å². The van der Waals surface area contributed by atoms with Crippen LogP contribution in [0, 0.1) is 0 Å². The molecule has 2 rings (SSSR count). The standard InChI is InChI=1S/C12H12O3/c1-14-8-12(13)15-11-7-6-9-4-2-3-5-10(9)11/h2-5,7H,6,8H2,1H3. The third-order valence-electron chi connectivity index (χ3n) is 2.28. The fourth-order valence-corrected chi connectivity index (χ4v) is 1.62. The van der Waals surface area contributed by atoms with Crippen LogP contribution < -0.4 is 0 Å². The number of benzene rings is 1. The quantitative estimate of drug-likeness (QED) is 0.704. The number of esters is 1. The molecule has 1 aromatic rings. The Kier molecular flexibility index (Phi) is 2.83. The van der Waals surface area contributed by atoms with E-state index in [4.69, 9.17) is 9.47 Å². The smallest absolute Gasteiger partial charge is 0.337 e. The number of fused-ring (bicyclic) bond motifs is 1. The lowest BCUT2D eigenvalue weighted by atomic mass is 10.1. The molecule has 0 N–H and O–H groups in total. The average molecular weight is 204 g/mol. The molecule has 0 saturated heterocycles. The monoisotopic (exact) mass is 204 g/mol. The lowest BCUT2D eigenvalue weighted by Gasteiger charge is -2.06. The molecule has 0 unspecified atom stereocenters. The van der Waals surface area contributed by atoms with Gasteiger partial charge in [0.15, 0.2) is 0 Å². The number of hydrogen-bond donors (Lipinski definition) is 0. The van der Waals surface area contributed by atoms with Crippen LogP contribution >= 0.6 is 0 Å². The first-order valence-corrected chi connectivity index (χ1v) is 4.79. The largest absolute Gasteiger partial charge is 0.425 e. The van der Waals surface area contributed by atoms with Gasteiger partial charge in [-0.15, -0.1) is 0 Å². The number of rotatable bonds is 3. The van der Waals surface area contributed by atoms with Gasteiger partial charge >= 0.3 is 5.97 Å². The van der Waals surface area contributed by atoms with Crippen LogP contribution in [0.5, 0.6) is 0 Å². The Morgan fingerprint density at radius 2 is 2.20 bits per heavy atom. The Bertz CT molecular complexity index is 407. The minimum atomic E-state index is -0.361. The predicted molar refractivity (Wildman–Crippen MR) is 56.1 cm³/mol. The SMILES string of the molecule is COCC(=O)OC1=CCc2ccccc21. The van der Waals surface area contributed by atoms with Crippen molar-refractivity contribution in [3.8, 4) is 0 Å². The minimum Gasteiger partial charge on any atom is -0.425 e. The second-order valence-electron chi connectivity index (χ2n) is 3.34. The van der Waals surface area contributed by atoms with Gasteiger partial charge in [-0.2, -0.15) is 0 Å². The van der Waals surface area contributed by atoms with E-state index >= 15 is 0 Å². The summed E-state index contributed by atoms with van der Waals surface area (Å²) in [5.41, 5.74) is 2.19. The van der Waals surface area contributed by atoms with Gasteiger partial charge in [0.1, 0.15) is 12.4 Å². The Hall–Kier alpha value is -1.61. The molecule has 0 atom stereocenters. The Balaban J connectivity index is 2.10. The highest BCUT2D eigenvalue weighted by atomic mass is 16.6. The highest BCUT2D eigenvalue weighted by Gasteiger charge is 2.16. The molecule has 0 radical (unpaired) electrons. The maximum atomic E-state index is 11.2. The summed E-state index contributed by atoms with van der Waals surface area (Å²) in [6.45, 7) is -0.0144. The summed E-state index contributed by atoms with van der Waals surface area (Å²) in [7, 11) is 1.47. The normalized spacial score (nSPS) is 13.3. The molecule has 0 fully saturated rings. The van der Waals surface area contributed by atoms with Gasteiger partial charge in [0.05, 0.1) is 0 Å². The highest BCUT2D eigenvalue weighted by Crippen LogP contribution is 2.27. The zero-order valence-electron chi connectivity index (χ0n) is 8.53. The summed E-state index contributed by atoms with van der Waals surface area (Å²) in [6, 6.07) is 7.89. The predicted octanol–water partition coefficient (Wildman–Crippen LogP) is 1.77. The van der Waals surface area contributed by atoms with Crippen LogP contribution in [0.2, 0.25) is 0 Å². The van der Waals surface area contributed by atoms with Crippen LogP contribution in [0.15, 0.2) is 30.3 Å². The fraction of sp³-hybridized carbons (Fsp3) is 0.250. The number of ether oxygens (including phenoxy) is 2. The van der Waals surface area contributed by atoms with Crippen molar-refractivity contribution in [3.63, 3.8) is 0 Å². The summed E-state index contributed by atoms with van der Waals surface area (Å²) in [6.07, 6.45) is 2.74. The molecule has 0 aliphatic heterocycles. The Morgan fingerprint density at radius 1 is 1.40 bits per heavy atom. The summed E-state index contributed by atoms with van der Waals surface area (Å²) in [4.78, 5) is 11.2. The van der Waals surface area contributed by atoms with Crippen molar-refractivity contribution in [3.05, 3.63) is 41.5 Å². The van der Waals surface area contributed by atoms with Crippen molar-refractivity contribution in [1.29, 1.82) is 0 Å². The second-order valence-corrected chi connectivity index (χ2v) is 3.34. The lowest BCUT2D eigenvalue weighted by Crippen LogP contribution is -2.09. The molecule has 0 saturated carbocycles. The first-order valence-electron chi connectivity index (χ1n) is 4.79. The molecule has 0 amide bonds. The number of methoxy groups -OCH3 is 1. The summed E-state index contributed by atoms with van der Waals surface area (Å²) < 4.78 is 9.88. The lowest BCUT2D eigenvalue weighted by molar-refractivity contribution is -0.140. The zero-order valence-corrected chi connectivity index (χ0v) is 8.53. The van der Waals surface area contributed by atoms with Gasteiger partial charge in [-0.1, -0.05) is 24.3 Å². The molecule has 3 nitrogen and oxygen atoms in total. The summed E-state index contributed by atoms with van der Waals surface area (Å²) >= 11 is 0. The van der Waals surface area contributed by atoms with Crippen molar-refractivity contribution >= 4 is 11.7 Å². The van der Waals surface area contributed by atoms with Crippen molar-refractivity contribution in [2.45, 2.75) is 6.42 Å². The van der Waals surface area contributed by atoms with E-state index in [0.717, 1.165) is 12.0 Å². The maximum Gasteiger partial charge on any atom is 0.337 e. The van der Waals surface area contributed by atoms with E-state index in [2.05, 4.69) is 0 Å². The molecular formula is C12H12O3. The van der Waals surface area contributed by atoms with E-state index in [0.29, 0.717) is 5.76 Å². The Morgan fingerprint density at radius 3 is 3.00 bits per heavy atom. The van der Waals surface area contributed by atoms with Crippen LogP contribution in [-0.2, 0) is 20.7 Å². The molecule has 0 spiro atoms. The van der Waals surface area contributed by atoms with Crippen LogP contribution in [0.3, 0.4) is 0 Å². The molecule has 3 heteroatoms. The van der Waals surface area contributed by atoms with E-state index in [1.807, 2.05) is 30.3 Å². The first-order chi connectivity index (χ1) is 7.31. The molecule has 1 aliphatic rings. The van der Waals surface area contributed by atoms with Crippen LogP contribution in [-0.4, -0.2) is 19.7 Å². The Labute approximate surface area is 88.3 Å². The van der Waals surface area contributed by atoms with E-state index < -0.39 is 0 Å². The molecule has 0 heterocycles. The molecule has 0 aromatic heterocycles. The number of carbonyl (C=O) groups is 1. The second kappa shape index (κ2) is 4.28. The van der Waals surface area contributed by atoms with Crippen molar-refractivity contribution in [2.75, 3.05) is 13.7 Å². The number of hydrogen-bond acceptors (Lipinski definition) is 3. The van der Waals surface area contributed by atoms with Gasteiger partial charge in [0.2, 0.25) is 0 Å². The molecular weight excluding hydrogens is 192 g/mol. The number of allylic oxidation sites excluding steroid dienone is 1. The summed E-state index contributed by atoms with van der Waals surface area (Å²) in [5.74, 6) is 0.285. The van der Waals surface area contributed by atoms with Gasteiger partial charge < -0.3 is 9.47 Å². The van der Waals surface area contributed by atoms with Crippen molar-refractivity contribution in [2.24, 2.45) is 0 Å². The fourth-order valence-electron chi connectivity index (χ4n) is 1.62. The van der Waals surface area contributed by atoms with E-state index in [1.165, 1.54) is 12.7 Å². The van der Waals surface area contributed by atoms with Crippen LogP contribution in [0.25, 0.3) is 5.76 Å². The molecule has 0 bridgehead atoms. The van der Waals surface area contributed by atoms with Crippen molar-refractivity contribution in [1.82, 2.24) is 0 Å². The molecule has 15 heavy (non-hydrogen) atoms. The van der Waals surface area contributed by atoms with E-state index in [-0.39, 0.29) is 12.6 Å². The molecule has 78 valence electrons. The maximum absolute atomic E-state index is 11.2. The average Bonchev–Trinajstić information content (AvgIpc) is 2.62. The van der Waals surface area contributed by atoms with Crippen molar-refractivity contribution < 1.29 is 14.3 Å². The van der Waals surface area contributed by atoms with Gasteiger partial charge in [-0.3, -0.25) is 0 Å². The summed E-state index contributed by atoms with van der Waals surface area (Å²) in [5, 5.41) is 0. The molecule has 1 aromatic carbocycles.